The molecule has 0 aliphatic rings. The molecule has 2 aromatic heterocycles. The molecule has 0 bridgehead atoms. The van der Waals surface area contributed by atoms with E-state index in [1.165, 1.54) is 0 Å². The van der Waals surface area contributed by atoms with Gasteiger partial charge in [0, 0.05) is 13.0 Å². The number of rotatable bonds is 4. The monoisotopic (exact) mass is 308 g/mol. The molecular weight excluding hydrogens is 288 g/mol. The van der Waals surface area contributed by atoms with Crippen LogP contribution >= 0.6 is 0 Å². The van der Waals surface area contributed by atoms with E-state index in [1.807, 2.05) is 0 Å². The van der Waals surface area contributed by atoms with Crippen molar-refractivity contribution in [1.82, 2.24) is 25.3 Å². The van der Waals surface area contributed by atoms with Crippen molar-refractivity contribution in [2.75, 3.05) is 12.3 Å². The van der Waals surface area contributed by atoms with Gasteiger partial charge in [-0.3, -0.25) is 9.78 Å². The topological polar surface area (TPSA) is 139 Å². The van der Waals surface area contributed by atoms with Crippen LogP contribution in [0.1, 0.15) is 33.0 Å². The Morgan fingerprint density at radius 3 is 2.73 bits per heavy atom. The molecule has 22 heavy (non-hydrogen) atoms. The number of anilines is 1. The molecule has 9 heteroatoms. The lowest BCUT2D eigenvalue weighted by atomic mass is 10.2. The van der Waals surface area contributed by atoms with Gasteiger partial charge in [-0.2, -0.15) is 4.98 Å². The summed E-state index contributed by atoms with van der Waals surface area (Å²) in [5, 5.41) is 2.66. The lowest BCUT2D eigenvalue weighted by Crippen LogP contribution is -2.33. The number of carbonyl (C=O) groups excluding carboxylic acids is 1. The number of aromatic nitrogens is 4. The maximum atomic E-state index is 11.6. The second-order valence-electron chi connectivity index (χ2n) is 5.86. The molecule has 0 spiro atoms. The van der Waals surface area contributed by atoms with E-state index in [1.54, 1.807) is 20.8 Å². The number of aromatic amines is 2. The molecule has 2 aromatic rings. The van der Waals surface area contributed by atoms with Crippen molar-refractivity contribution in [1.29, 1.82) is 0 Å². The second kappa shape index (κ2) is 6.04. The zero-order chi connectivity index (χ0) is 16.3. The van der Waals surface area contributed by atoms with Gasteiger partial charge in [-0.25, -0.2) is 9.78 Å². The first-order chi connectivity index (χ1) is 10.2. The van der Waals surface area contributed by atoms with Gasteiger partial charge in [0.1, 0.15) is 11.4 Å². The first-order valence-corrected chi connectivity index (χ1v) is 6.96. The second-order valence-corrected chi connectivity index (χ2v) is 5.86. The molecule has 0 aliphatic carbocycles. The molecule has 1 amide bonds. The van der Waals surface area contributed by atoms with Crippen molar-refractivity contribution in [3.8, 4) is 0 Å². The summed E-state index contributed by atoms with van der Waals surface area (Å²) in [6.07, 6.45) is 0.751. The number of H-pyrrole nitrogens is 2. The lowest BCUT2D eigenvalue weighted by Gasteiger charge is -2.19. The lowest BCUT2D eigenvalue weighted by molar-refractivity contribution is 0.0527. The summed E-state index contributed by atoms with van der Waals surface area (Å²) < 4.78 is 5.12. The van der Waals surface area contributed by atoms with Crippen molar-refractivity contribution in [3.05, 3.63) is 16.2 Å². The maximum absolute atomic E-state index is 11.6. The van der Waals surface area contributed by atoms with Crippen molar-refractivity contribution in [3.63, 3.8) is 0 Å². The number of nitrogen functional groups attached to an aromatic ring is 1. The van der Waals surface area contributed by atoms with Crippen LogP contribution < -0.4 is 16.6 Å². The number of hydrogen-bond donors (Lipinski definition) is 4. The normalized spacial score (nSPS) is 11.6. The van der Waals surface area contributed by atoms with Crippen LogP contribution in [-0.4, -0.2) is 38.2 Å². The molecule has 0 radical (unpaired) electrons. The number of aryl methyl sites for hydroxylation is 1. The van der Waals surface area contributed by atoms with Crippen LogP contribution in [0.3, 0.4) is 0 Å². The van der Waals surface area contributed by atoms with Crippen LogP contribution in [0.2, 0.25) is 0 Å². The Balaban J connectivity index is 1.86. The molecule has 0 saturated carbocycles. The minimum atomic E-state index is -0.518. The molecule has 0 aliphatic heterocycles. The largest absolute Gasteiger partial charge is 0.444 e. The van der Waals surface area contributed by atoms with Gasteiger partial charge in [-0.05, 0) is 27.2 Å². The standard InChI is InChI=1S/C13H20N6O3/c1-13(2,3)22-12(21)15-6-4-5-7-16-8-9(17-7)18-11(14)19-10(8)20/h4-6H2,1-3H3,(H,15,21)(H4,14,16,17,18,19,20). The summed E-state index contributed by atoms with van der Waals surface area (Å²) in [4.78, 5) is 36.6. The number of nitrogens with one attached hydrogen (secondary N) is 3. The minimum absolute atomic E-state index is 0.0410. The zero-order valence-electron chi connectivity index (χ0n) is 12.8. The quantitative estimate of drug-likeness (QED) is 0.613. The Kier molecular flexibility index (Phi) is 4.34. The molecule has 2 heterocycles. The number of nitrogens with two attached hydrogens (primary N) is 1. The van der Waals surface area contributed by atoms with E-state index in [0.717, 1.165) is 0 Å². The molecular formula is C13H20N6O3. The minimum Gasteiger partial charge on any atom is -0.444 e. The van der Waals surface area contributed by atoms with Gasteiger partial charge in [0.2, 0.25) is 5.95 Å². The molecule has 0 fully saturated rings. The Labute approximate surface area is 126 Å². The van der Waals surface area contributed by atoms with Gasteiger partial charge in [0.15, 0.2) is 11.2 Å². The highest BCUT2D eigenvalue weighted by Crippen LogP contribution is 2.07. The van der Waals surface area contributed by atoms with Crippen molar-refractivity contribution >= 4 is 23.2 Å². The number of alkyl carbamates (subject to hydrolysis) is 1. The van der Waals surface area contributed by atoms with E-state index < -0.39 is 11.7 Å². The molecule has 2 rings (SSSR count). The van der Waals surface area contributed by atoms with Gasteiger partial charge < -0.3 is 20.8 Å². The van der Waals surface area contributed by atoms with E-state index in [-0.39, 0.29) is 17.0 Å². The van der Waals surface area contributed by atoms with Crippen molar-refractivity contribution in [2.45, 2.75) is 39.2 Å². The fraction of sp³-hybridized carbons (Fsp3) is 0.538. The predicted molar refractivity (Wildman–Crippen MR) is 81.5 cm³/mol. The first kappa shape index (κ1) is 15.8. The molecule has 9 nitrogen and oxygen atoms in total. The number of fused-ring (bicyclic) bond motifs is 1. The SMILES string of the molecule is CC(C)(C)OC(=O)NCCCc1nc2c(=O)[nH]c(N)nc2[nH]1. The zero-order valence-corrected chi connectivity index (χ0v) is 12.8. The fourth-order valence-electron chi connectivity index (χ4n) is 1.85. The van der Waals surface area contributed by atoms with Crippen molar-refractivity contribution in [2.24, 2.45) is 0 Å². The first-order valence-electron chi connectivity index (χ1n) is 6.96. The summed E-state index contributed by atoms with van der Waals surface area (Å²) in [7, 11) is 0. The van der Waals surface area contributed by atoms with E-state index in [2.05, 4.69) is 25.3 Å². The van der Waals surface area contributed by atoms with E-state index in [4.69, 9.17) is 10.5 Å². The predicted octanol–water partition coefficient (Wildman–Crippen LogP) is 0.686. The van der Waals surface area contributed by atoms with Crippen LogP contribution in [0.4, 0.5) is 10.7 Å². The van der Waals surface area contributed by atoms with Crippen molar-refractivity contribution < 1.29 is 9.53 Å². The number of hydrogen-bond acceptors (Lipinski definition) is 6. The van der Waals surface area contributed by atoms with E-state index in [9.17, 15) is 9.59 Å². The highest BCUT2D eigenvalue weighted by atomic mass is 16.6. The summed E-state index contributed by atoms with van der Waals surface area (Å²) in [6, 6.07) is 0. The number of nitrogens with zero attached hydrogens (tertiary/aromatic N) is 2. The third kappa shape index (κ3) is 4.21. The third-order valence-corrected chi connectivity index (χ3v) is 2.68. The Morgan fingerprint density at radius 1 is 1.32 bits per heavy atom. The Bertz CT molecular complexity index is 727. The number of ether oxygens (including phenoxy) is 1. The van der Waals surface area contributed by atoms with Gasteiger partial charge in [-0.1, -0.05) is 0 Å². The highest BCUT2D eigenvalue weighted by Gasteiger charge is 2.15. The van der Waals surface area contributed by atoms with Gasteiger partial charge in [-0.15, -0.1) is 0 Å². The van der Waals surface area contributed by atoms with Crippen LogP contribution in [0.15, 0.2) is 4.79 Å². The van der Waals surface area contributed by atoms with Crippen LogP contribution in [0.25, 0.3) is 11.2 Å². The number of imidazole rings is 1. The van der Waals surface area contributed by atoms with Crippen LogP contribution in [-0.2, 0) is 11.2 Å². The molecule has 5 N–H and O–H groups in total. The average Bonchev–Trinajstić information content (AvgIpc) is 2.75. The molecule has 0 unspecified atom stereocenters. The Morgan fingerprint density at radius 2 is 2.05 bits per heavy atom. The fourth-order valence-corrected chi connectivity index (χ4v) is 1.85. The van der Waals surface area contributed by atoms with Crippen LogP contribution in [0.5, 0.6) is 0 Å². The molecule has 120 valence electrons. The molecule has 0 saturated heterocycles. The number of amides is 1. The van der Waals surface area contributed by atoms with Crippen LogP contribution in [0, 0.1) is 0 Å². The summed E-state index contributed by atoms with van der Waals surface area (Å²) in [5.74, 6) is 0.656. The summed E-state index contributed by atoms with van der Waals surface area (Å²) >= 11 is 0. The average molecular weight is 308 g/mol. The Hall–Kier alpha value is -2.58. The molecule has 0 atom stereocenters. The number of carbonyl (C=O) groups is 1. The molecule has 0 aromatic carbocycles. The van der Waals surface area contributed by atoms with Gasteiger partial charge in [0.25, 0.3) is 5.56 Å². The highest BCUT2D eigenvalue weighted by molar-refractivity contribution is 5.70. The summed E-state index contributed by atoms with van der Waals surface area (Å²) in [5.41, 5.74) is 5.15. The van der Waals surface area contributed by atoms with Gasteiger partial charge in [0.05, 0.1) is 0 Å². The van der Waals surface area contributed by atoms with E-state index >= 15 is 0 Å². The smallest absolute Gasteiger partial charge is 0.407 e. The third-order valence-electron chi connectivity index (χ3n) is 2.68. The summed E-state index contributed by atoms with van der Waals surface area (Å²) in [6.45, 7) is 5.85. The van der Waals surface area contributed by atoms with E-state index in [0.29, 0.717) is 30.9 Å². The van der Waals surface area contributed by atoms with Gasteiger partial charge >= 0.3 is 6.09 Å². The maximum Gasteiger partial charge on any atom is 0.407 e.